The largest absolute Gasteiger partial charge is 0.331 e. The minimum Gasteiger partial charge on any atom is -0.331 e. The Morgan fingerprint density at radius 1 is 0.909 bits per heavy atom. The molecule has 1 fully saturated rings. The number of benzene rings is 2. The number of aromatic nitrogens is 2. The predicted octanol–water partition coefficient (Wildman–Crippen LogP) is 3.68. The zero-order valence-electron chi connectivity index (χ0n) is 12.4. The van der Waals surface area contributed by atoms with E-state index in [-0.39, 0.29) is 0 Å². The summed E-state index contributed by atoms with van der Waals surface area (Å²) in [6.45, 7) is 0. The molecule has 1 saturated carbocycles. The van der Waals surface area contributed by atoms with Gasteiger partial charge in [0.15, 0.2) is 0 Å². The lowest BCUT2D eigenvalue weighted by atomic mass is 9.59. The topological polar surface area (TPSA) is 17.8 Å². The zero-order valence-corrected chi connectivity index (χ0v) is 12.4. The fourth-order valence-corrected chi connectivity index (χ4v) is 3.09. The lowest BCUT2D eigenvalue weighted by Crippen LogP contribution is -2.33. The maximum atomic E-state index is 6.99. The minimum absolute atomic E-state index is 0.549. The average Bonchev–Trinajstić information content (AvgIpc) is 3.32. The lowest BCUT2D eigenvalue weighted by molar-refractivity contribution is 0.641. The summed E-state index contributed by atoms with van der Waals surface area (Å²) in [7, 11) is 6.99. The fourth-order valence-electron chi connectivity index (χ4n) is 3.09. The van der Waals surface area contributed by atoms with Crippen LogP contribution in [-0.4, -0.2) is 17.4 Å². The molecule has 0 spiro atoms. The van der Waals surface area contributed by atoms with E-state index in [1.54, 1.807) is 0 Å². The lowest BCUT2D eigenvalue weighted by Gasteiger charge is -2.32. The van der Waals surface area contributed by atoms with Gasteiger partial charge in [-0.2, -0.15) is 0 Å². The summed E-state index contributed by atoms with van der Waals surface area (Å²) in [4.78, 5) is 4.64. The first-order valence-corrected chi connectivity index (χ1v) is 7.73. The molecular formula is C19H17BN2. The van der Waals surface area contributed by atoms with Crippen LogP contribution in [0.15, 0.2) is 73.1 Å². The monoisotopic (exact) mass is 284 g/mol. The molecule has 106 valence electrons. The van der Waals surface area contributed by atoms with E-state index >= 15 is 0 Å². The highest BCUT2D eigenvalue weighted by molar-refractivity contribution is 6.20. The molecule has 0 aliphatic heterocycles. The first-order valence-electron chi connectivity index (χ1n) is 7.73. The SMILES string of the molecule is [B]C(c1ccccc1)(c1ccccc1)c1nccn1C1CC1. The van der Waals surface area contributed by atoms with Crippen LogP contribution >= 0.6 is 0 Å². The van der Waals surface area contributed by atoms with Crippen molar-refractivity contribution in [3.63, 3.8) is 0 Å². The highest BCUT2D eigenvalue weighted by Gasteiger charge is 2.37. The maximum absolute atomic E-state index is 6.99. The van der Waals surface area contributed by atoms with E-state index in [0.29, 0.717) is 6.04 Å². The first-order chi connectivity index (χ1) is 10.8. The highest BCUT2D eigenvalue weighted by Crippen LogP contribution is 2.41. The van der Waals surface area contributed by atoms with Crippen molar-refractivity contribution in [1.82, 2.24) is 9.55 Å². The summed E-state index contributed by atoms with van der Waals surface area (Å²) in [6.07, 6.45) is 6.34. The van der Waals surface area contributed by atoms with Gasteiger partial charge in [-0.05, 0) is 24.0 Å². The van der Waals surface area contributed by atoms with Gasteiger partial charge in [-0.1, -0.05) is 60.7 Å². The summed E-state index contributed by atoms with van der Waals surface area (Å²) in [6, 6.07) is 21.0. The van der Waals surface area contributed by atoms with Crippen molar-refractivity contribution >= 4 is 7.85 Å². The van der Waals surface area contributed by atoms with Crippen LogP contribution in [0.1, 0.15) is 35.8 Å². The Hall–Kier alpha value is -2.29. The molecule has 1 heterocycles. The molecule has 0 amide bonds. The van der Waals surface area contributed by atoms with Gasteiger partial charge in [0.1, 0.15) is 5.82 Å². The second-order valence-electron chi connectivity index (χ2n) is 5.93. The normalized spacial score (nSPS) is 14.9. The van der Waals surface area contributed by atoms with Crippen molar-refractivity contribution in [2.24, 2.45) is 0 Å². The third-order valence-electron chi connectivity index (χ3n) is 4.42. The third-order valence-corrected chi connectivity index (χ3v) is 4.42. The first kappa shape index (κ1) is 13.4. The maximum Gasteiger partial charge on any atom is 0.114 e. The molecule has 2 nitrogen and oxygen atoms in total. The second-order valence-corrected chi connectivity index (χ2v) is 5.93. The summed E-state index contributed by atoms with van der Waals surface area (Å²) < 4.78 is 2.25. The van der Waals surface area contributed by atoms with E-state index < -0.39 is 5.31 Å². The van der Waals surface area contributed by atoms with E-state index in [1.165, 1.54) is 12.8 Å². The van der Waals surface area contributed by atoms with Gasteiger partial charge in [0, 0.05) is 23.7 Å². The third kappa shape index (κ3) is 2.09. The van der Waals surface area contributed by atoms with Gasteiger partial charge in [-0.25, -0.2) is 4.98 Å². The summed E-state index contributed by atoms with van der Waals surface area (Å²) >= 11 is 0. The molecule has 2 radical (unpaired) electrons. The molecule has 3 heteroatoms. The molecule has 4 rings (SSSR count). The van der Waals surface area contributed by atoms with Crippen LogP contribution < -0.4 is 0 Å². The van der Waals surface area contributed by atoms with Gasteiger partial charge in [0.2, 0.25) is 0 Å². The van der Waals surface area contributed by atoms with Crippen LogP contribution in [0.5, 0.6) is 0 Å². The number of rotatable bonds is 4. The van der Waals surface area contributed by atoms with Gasteiger partial charge in [0.25, 0.3) is 0 Å². The van der Waals surface area contributed by atoms with Gasteiger partial charge >= 0.3 is 0 Å². The average molecular weight is 284 g/mol. The van der Waals surface area contributed by atoms with Crippen molar-refractivity contribution in [1.29, 1.82) is 0 Å². The molecule has 1 aliphatic rings. The molecule has 2 aromatic carbocycles. The van der Waals surface area contributed by atoms with Gasteiger partial charge < -0.3 is 4.57 Å². The number of hydrogen-bond acceptors (Lipinski definition) is 1. The molecule has 0 bridgehead atoms. The summed E-state index contributed by atoms with van der Waals surface area (Å²) in [5, 5.41) is -0.728. The Bertz CT molecular complexity index is 721. The van der Waals surface area contributed by atoms with Crippen molar-refractivity contribution < 1.29 is 0 Å². The van der Waals surface area contributed by atoms with Crippen molar-refractivity contribution in [3.05, 3.63) is 90.0 Å². The van der Waals surface area contributed by atoms with Crippen LogP contribution in [0.25, 0.3) is 0 Å². The fraction of sp³-hybridized carbons (Fsp3) is 0.211. The molecule has 0 N–H and O–H groups in total. The van der Waals surface area contributed by atoms with Crippen LogP contribution in [-0.2, 0) is 5.31 Å². The Balaban J connectivity index is 1.94. The number of hydrogen-bond donors (Lipinski definition) is 0. The molecule has 0 saturated heterocycles. The van der Waals surface area contributed by atoms with Crippen molar-refractivity contribution in [2.75, 3.05) is 0 Å². The Morgan fingerprint density at radius 2 is 1.45 bits per heavy atom. The molecule has 3 aromatic rings. The quantitative estimate of drug-likeness (QED) is 0.668. The molecular weight excluding hydrogens is 267 g/mol. The summed E-state index contributed by atoms with van der Waals surface area (Å²) in [5.41, 5.74) is 2.13. The van der Waals surface area contributed by atoms with Gasteiger partial charge in [-0.3, -0.25) is 0 Å². The smallest absolute Gasteiger partial charge is 0.114 e. The number of nitrogens with zero attached hydrogens (tertiary/aromatic N) is 2. The molecule has 1 aliphatic carbocycles. The standard InChI is InChI=1S/C19H17BN2/c20-19(15-7-3-1-4-8-15,16-9-5-2-6-10-16)18-21-13-14-22(18)17-11-12-17/h1-10,13-14,17H,11-12H2. The van der Waals surface area contributed by atoms with Crippen molar-refractivity contribution in [2.45, 2.75) is 24.2 Å². The van der Waals surface area contributed by atoms with Gasteiger partial charge in [-0.15, -0.1) is 0 Å². The van der Waals surface area contributed by atoms with E-state index in [0.717, 1.165) is 17.0 Å². The molecule has 22 heavy (non-hydrogen) atoms. The Labute approximate surface area is 132 Å². The molecule has 0 unspecified atom stereocenters. The minimum atomic E-state index is -0.728. The van der Waals surface area contributed by atoms with E-state index in [2.05, 4.69) is 40.0 Å². The van der Waals surface area contributed by atoms with Crippen LogP contribution in [0.4, 0.5) is 0 Å². The molecule has 1 aromatic heterocycles. The van der Waals surface area contributed by atoms with E-state index in [4.69, 9.17) is 7.85 Å². The van der Waals surface area contributed by atoms with Crippen molar-refractivity contribution in [3.8, 4) is 0 Å². The van der Waals surface area contributed by atoms with E-state index in [1.807, 2.05) is 42.6 Å². The molecule has 0 atom stereocenters. The Kier molecular flexibility index (Phi) is 3.14. The summed E-state index contributed by atoms with van der Waals surface area (Å²) in [5.74, 6) is 0.924. The van der Waals surface area contributed by atoms with Crippen LogP contribution in [0.3, 0.4) is 0 Å². The Morgan fingerprint density at radius 3 is 1.95 bits per heavy atom. The van der Waals surface area contributed by atoms with Crippen LogP contribution in [0, 0.1) is 0 Å². The highest BCUT2D eigenvalue weighted by atomic mass is 15.1. The number of imidazole rings is 1. The zero-order chi connectivity index (χ0) is 15.0. The second kappa shape index (κ2) is 5.17. The van der Waals surface area contributed by atoms with Crippen LogP contribution in [0.2, 0.25) is 0 Å². The predicted molar refractivity (Wildman–Crippen MR) is 89.0 cm³/mol. The van der Waals surface area contributed by atoms with Gasteiger partial charge in [0.05, 0.1) is 7.85 Å². The van der Waals surface area contributed by atoms with E-state index in [9.17, 15) is 0 Å².